The minimum absolute atomic E-state index is 0.694. The molecular formula is C9H21N. The van der Waals surface area contributed by atoms with Gasteiger partial charge in [-0.2, -0.15) is 0 Å². The second-order valence-electron chi connectivity index (χ2n) is 2.92. The van der Waals surface area contributed by atoms with Crippen LogP contribution in [-0.4, -0.2) is 12.6 Å². The van der Waals surface area contributed by atoms with Crippen molar-refractivity contribution in [1.29, 1.82) is 0 Å². The van der Waals surface area contributed by atoms with Gasteiger partial charge >= 0.3 is 0 Å². The van der Waals surface area contributed by atoms with E-state index in [1.807, 2.05) is 0 Å². The molecule has 0 amide bonds. The first kappa shape index (κ1) is 9.96. The Morgan fingerprint density at radius 3 is 1.90 bits per heavy atom. The summed E-state index contributed by atoms with van der Waals surface area (Å²) in [5.41, 5.74) is 0. The molecule has 0 aromatic carbocycles. The third-order valence-corrected chi connectivity index (χ3v) is 2.28. The summed E-state index contributed by atoms with van der Waals surface area (Å²) < 4.78 is 0. The van der Waals surface area contributed by atoms with Crippen molar-refractivity contribution in [2.75, 3.05) is 6.54 Å². The molecule has 0 saturated carbocycles. The van der Waals surface area contributed by atoms with Crippen molar-refractivity contribution in [3.05, 3.63) is 0 Å². The molecule has 0 fully saturated rings. The maximum Gasteiger partial charge on any atom is 0.00666 e. The summed E-state index contributed by atoms with van der Waals surface area (Å²) in [5.74, 6) is 0.861. The van der Waals surface area contributed by atoms with Gasteiger partial charge in [0.1, 0.15) is 0 Å². The van der Waals surface area contributed by atoms with E-state index in [9.17, 15) is 0 Å². The van der Waals surface area contributed by atoms with Gasteiger partial charge in [0, 0.05) is 6.04 Å². The van der Waals surface area contributed by atoms with Crippen molar-refractivity contribution in [2.45, 2.75) is 46.6 Å². The summed E-state index contributed by atoms with van der Waals surface area (Å²) in [5, 5.41) is 3.45. The van der Waals surface area contributed by atoms with E-state index in [1.54, 1.807) is 0 Å². The largest absolute Gasteiger partial charge is 0.314 e. The predicted molar refractivity (Wildman–Crippen MR) is 47.2 cm³/mol. The number of hydrogen-bond acceptors (Lipinski definition) is 1. The quantitative estimate of drug-likeness (QED) is 0.623. The normalized spacial score (nSPS) is 14.1. The first-order chi connectivity index (χ1) is 4.76. The lowest BCUT2D eigenvalue weighted by Crippen LogP contribution is -2.32. The summed E-state index contributed by atoms with van der Waals surface area (Å²) in [6, 6.07) is 0.694. The SMILES string of the molecule is CCNC(C)C(CC)CC. The van der Waals surface area contributed by atoms with Crippen LogP contribution < -0.4 is 5.32 Å². The van der Waals surface area contributed by atoms with Crippen LogP contribution in [0.4, 0.5) is 0 Å². The standard InChI is InChI=1S/C9H21N/c1-5-9(6-2)8(4)10-7-3/h8-10H,5-7H2,1-4H3. The highest BCUT2D eigenvalue weighted by atomic mass is 14.9. The van der Waals surface area contributed by atoms with Crippen LogP contribution in [0.3, 0.4) is 0 Å². The van der Waals surface area contributed by atoms with E-state index in [0.717, 1.165) is 12.5 Å². The van der Waals surface area contributed by atoms with Crippen LogP contribution in [0, 0.1) is 5.92 Å². The van der Waals surface area contributed by atoms with Gasteiger partial charge < -0.3 is 5.32 Å². The molecular weight excluding hydrogens is 122 g/mol. The van der Waals surface area contributed by atoms with Crippen molar-refractivity contribution in [3.8, 4) is 0 Å². The highest BCUT2D eigenvalue weighted by Crippen LogP contribution is 2.11. The van der Waals surface area contributed by atoms with Crippen molar-refractivity contribution < 1.29 is 0 Å². The van der Waals surface area contributed by atoms with Crippen molar-refractivity contribution in [3.63, 3.8) is 0 Å². The van der Waals surface area contributed by atoms with Crippen LogP contribution in [0.1, 0.15) is 40.5 Å². The molecule has 10 heavy (non-hydrogen) atoms. The zero-order chi connectivity index (χ0) is 7.98. The van der Waals surface area contributed by atoms with Crippen LogP contribution >= 0.6 is 0 Å². The second kappa shape index (κ2) is 5.72. The topological polar surface area (TPSA) is 12.0 Å². The Bertz CT molecular complexity index is 67.1. The molecule has 1 unspecified atom stereocenters. The Morgan fingerprint density at radius 2 is 1.60 bits per heavy atom. The fraction of sp³-hybridized carbons (Fsp3) is 1.00. The molecule has 0 heterocycles. The van der Waals surface area contributed by atoms with E-state index >= 15 is 0 Å². The average molecular weight is 143 g/mol. The third kappa shape index (κ3) is 3.21. The zero-order valence-corrected chi connectivity index (χ0v) is 7.78. The van der Waals surface area contributed by atoms with Gasteiger partial charge in [0.05, 0.1) is 0 Å². The van der Waals surface area contributed by atoms with Crippen LogP contribution in [0.2, 0.25) is 0 Å². The zero-order valence-electron chi connectivity index (χ0n) is 7.78. The molecule has 0 bridgehead atoms. The van der Waals surface area contributed by atoms with Crippen molar-refractivity contribution >= 4 is 0 Å². The molecule has 0 aromatic rings. The van der Waals surface area contributed by atoms with E-state index in [2.05, 4.69) is 33.0 Å². The first-order valence-electron chi connectivity index (χ1n) is 4.49. The van der Waals surface area contributed by atoms with Gasteiger partial charge in [0.25, 0.3) is 0 Å². The molecule has 62 valence electrons. The van der Waals surface area contributed by atoms with E-state index in [4.69, 9.17) is 0 Å². The number of rotatable bonds is 5. The lowest BCUT2D eigenvalue weighted by atomic mass is 9.96. The Hall–Kier alpha value is -0.0400. The molecule has 0 saturated heterocycles. The monoisotopic (exact) mass is 143 g/mol. The number of nitrogens with one attached hydrogen (secondary N) is 1. The summed E-state index contributed by atoms with van der Waals surface area (Å²) in [6.45, 7) is 10.1. The fourth-order valence-electron chi connectivity index (χ4n) is 1.48. The maximum atomic E-state index is 3.45. The predicted octanol–water partition coefficient (Wildman–Crippen LogP) is 2.42. The molecule has 0 aromatic heterocycles. The average Bonchev–Trinajstić information content (AvgIpc) is 1.91. The Labute approximate surface area is 65.2 Å². The van der Waals surface area contributed by atoms with Gasteiger partial charge in [0.15, 0.2) is 0 Å². The smallest absolute Gasteiger partial charge is 0.00666 e. The number of hydrogen-bond donors (Lipinski definition) is 1. The molecule has 0 spiro atoms. The summed E-state index contributed by atoms with van der Waals surface area (Å²) in [4.78, 5) is 0. The third-order valence-electron chi connectivity index (χ3n) is 2.28. The lowest BCUT2D eigenvalue weighted by molar-refractivity contribution is 0.360. The molecule has 0 rings (SSSR count). The summed E-state index contributed by atoms with van der Waals surface area (Å²) in [6.07, 6.45) is 2.59. The molecule has 1 nitrogen and oxygen atoms in total. The van der Waals surface area contributed by atoms with E-state index in [0.29, 0.717) is 6.04 Å². The van der Waals surface area contributed by atoms with Crippen molar-refractivity contribution in [2.24, 2.45) is 5.92 Å². The van der Waals surface area contributed by atoms with Crippen LogP contribution in [0.5, 0.6) is 0 Å². The summed E-state index contributed by atoms with van der Waals surface area (Å²) >= 11 is 0. The first-order valence-corrected chi connectivity index (χ1v) is 4.49. The highest BCUT2D eigenvalue weighted by Gasteiger charge is 2.10. The summed E-state index contributed by atoms with van der Waals surface area (Å²) in [7, 11) is 0. The molecule has 0 aliphatic rings. The van der Waals surface area contributed by atoms with E-state index < -0.39 is 0 Å². The van der Waals surface area contributed by atoms with Crippen LogP contribution in [0.25, 0.3) is 0 Å². The van der Waals surface area contributed by atoms with E-state index in [-0.39, 0.29) is 0 Å². The van der Waals surface area contributed by atoms with Gasteiger partial charge in [0.2, 0.25) is 0 Å². The van der Waals surface area contributed by atoms with Gasteiger partial charge in [-0.25, -0.2) is 0 Å². The molecule has 1 atom stereocenters. The molecule has 0 aliphatic carbocycles. The van der Waals surface area contributed by atoms with Gasteiger partial charge in [-0.05, 0) is 19.4 Å². The lowest BCUT2D eigenvalue weighted by Gasteiger charge is -2.21. The Balaban J connectivity index is 3.53. The molecule has 1 N–H and O–H groups in total. The van der Waals surface area contributed by atoms with E-state index in [1.165, 1.54) is 12.8 Å². The van der Waals surface area contributed by atoms with Crippen LogP contribution in [0.15, 0.2) is 0 Å². The van der Waals surface area contributed by atoms with Gasteiger partial charge in [-0.3, -0.25) is 0 Å². The van der Waals surface area contributed by atoms with Gasteiger partial charge in [-0.1, -0.05) is 33.6 Å². The van der Waals surface area contributed by atoms with Gasteiger partial charge in [-0.15, -0.1) is 0 Å². The highest BCUT2D eigenvalue weighted by molar-refractivity contribution is 4.68. The van der Waals surface area contributed by atoms with Crippen molar-refractivity contribution in [1.82, 2.24) is 5.32 Å². The molecule has 0 radical (unpaired) electrons. The fourth-order valence-corrected chi connectivity index (χ4v) is 1.48. The van der Waals surface area contributed by atoms with Crippen LogP contribution in [-0.2, 0) is 0 Å². The minimum Gasteiger partial charge on any atom is -0.314 e. The maximum absolute atomic E-state index is 3.45. The second-order valence-corrected chi connectivity index (χ2v) is 2.92. The minimum atomic E-state index is 0.694. The Morgan fingerprint density at radius 1 is 1.10 bits per heavy atom. The molecule has 0 aliphatic heterocycles. The Kier molecular flexibility index (Phi) is 5.70. The molecule has 1 heteroatoms.